The zero-order chi connectivity index (χ0) is 10.4. The third kappa shape index (κ3) is 3.46. The van der Waals surface area contributed by atoms with Crippen molar-refractivity contribution in [1.82, 2.24) is 9.97 Å². The maximum atomic E-state index is 10.1. The van der Waals surface area contributed by atoms with E-state index in [9.17, 15) is 13.0 Å². The molecule has 2 heterocycles. The predicted molar refractivity (Wildman–Crippen MR) is 49.5 cm³/mol. The van der Waals surface area contributed by atoms with Gasteiger partial charge in [0, 0.05) is 24.8 Å². The van der Waals surface area contributed by atoms with E-state index < -0.39 is 10.1 Å². The fourth-order valence-corrected chi connectivity index (χ4v) is 1.19. The van der Waals surface area contributed by atoms with Crippen molar-refractivity contribution in [2.75, 3.05) is 0 Å². The highest BCUT2D eigenvalue weighted by molar-refractivity contribution is 7.85. The molecule has 76 valence electrons. The molecule has 0 fully saturated rings. The van der Waals surface area contributed by atoms with Gasteiger partial charge in [0.25, 0.3) is 0 Å². The van der Waals surface area contributed by atoms with Crippen LogP contribution in [0.25, 0.3) is 0 Å². The Morgan fingerprint density at radius 1 is 1.07 bits per heavy atom. The monoisotopic (exact) mass is 213 g/mol. The molecule has 0 aliphatic heterocycles. The highest BCUT2D eigenvalue weighted by atomic mass is 32.2. The van der Waals surface area contributed by atoms with Gasteiger partial charge in [-0.3, -0.25) is 0 Å². The number of aromatic nitrogens is 2. The molecule has 2 aromatic rings. The van der Waals surface area contributed by atoms with Crippen molar-refractivity contribution in [2.45, 2.75) is 4.90 Å². The molecule has 0 bridgehead atoms. The van der Waals surface area contributed by atoms with E-state index >= 15 is 0 Å². The van der Waals surface area contributed by atoms with Crippen LogP contribution in [-0.4, -0.2) is 22.9 Å². The van der Waals surface area contributed by atoms with Crippen LogP contribution in [0.1, 0.15) is 0 Å². The lowest BCUT2D eigenvalue weighted by atomic mass is 10.7. The molecule has 2 rings (SSSR count). The van der Waals surface area contributed by atoms with Gasteiger partial charge >= 0.3 is 0 Å². The van der Waals surface area contributed by atoms with Crippen LogP contribution in [0.2, 0.25) is 0 Å². The lowest BCUT2D eigenvalue weighted by molar-refractivity contribution is 0.463. The van der Waals surface area contributed by atoms with Gasteiger partial charge in [0.2, 0.25) is 0 Å². The average Bonchev–Trinajstić information content (AvgIpc) is 2.80. The van der Waals surface area contributed by atoms with Crippen LogP contribution < -0.4 is 0 Å². The van der Waals surface area contributed by atoms with Gasteiger partial charge in [-0.1, -0.05) is 0 Å². The third-order valence-corrected chi connectivity index (χ3v) is 2.19. The van der Waals surface area contributed by atoms with Crippen LogP contribution in [0, 0.1) is 0 Å². The SMILES string of the molecule is O=S(=O)([O-])c1cc[nH]c1.c1cc[nH]c1. The molecule has 2 N–H and O–H groups in total. The Balaban J connectivity index is 0.000000165. The van der Waals surface area contributed by atoms with Crippen molar-refractivity contribution in [3.05, 3.63) is 43.0 Å². The summed E-state index contributed by atoms with van der Waals surface area (Å²) in [6.07, 6.45) is 6.27. The Labute approximate surface area is 81.5 Å². The number of hydrogen-bond donors (Lipinski definition) is 2. The summed E-state index contributed by atoms with van der Waals surface area (Å²) in [5.74, 6) is 0. The van der Waals surface area contributed by atoms with E-state index in [1.54, 1.807) is 0 Å². The summed E-state index contributed by atoms with van der Waals surface area (Å²) in [6.45, 7) is 0. The molecule has 2 aromatic heterocycles. The Kier molecular flexibility index (Phi) is 3.49. The minimum absolute atomic E-state index is 0.220. The van der Waals surface area contributed by atoms with E-state index in [0.29, 0.717) is 0 Å². The summed E-state index contributed by atoms with van der Waals surface area (Å²) in [7, 11) is -4.24. The number of H-pyrrole nitrogens is 2. The number of rotatable bonds is 1. The minimum Gasteiger partial charge on any atom is -0.744 e. The second-order valence-corrected chi connectivity index (χ2v) is 3.77. The van der Waals surface area contributed by atoms with Gasteiger partial charge in [0.1, 0.15) is 10.1 Å². The fraction of sp³-hybridized carbons (Fsp3) is 0. The van der Waals surface area contributed by atoms with E-state index in [2.05, 4.69) is 9.97 Å². The molecule has 0 saturated heterocycles. The molecule has 0 aromatic carbocycles. The fourth-order valence-electron chi connectivity index (χ4n) is 0.742. The second-order valence-electron chi connectivity index (χ2n) is 2.39. The largest absolute Gasteiger partial charge is 0.744 e. The molecule has 0 aliphatic carbocycles. The summed E-state index contributed by atoms with van der Waals surface area (Å²) < 4.78 is 30.4. The molecule has 0 spiro atoms. The van der Waals surface area contributed by atoms with E-state index in [1.807, 2.05) is 24.5 Å². The number of aromatic amines is 2. The van der Waals surface area contributed by atoms with Crippen molar-refractivity contribution in [1.29, 1.82) is 0 Å². The van der Waals surface area contributed by atoms with Crippen molar-refractivity contribution < 1.29 is 13.0 Å². The Hall–Kier alpha value is -1.53. The first-order valence-corrected chi connectivity index (χ1v) is 5.18. The maximum absolute atomic E-state index is 10.1. The van der Waals surface area contributed by atoms with Gasteiger partial charge < -0.3 is 14.5 Å². The molecular weight excluding hydrogens is 204 g/mol. The Morgan fingerprint density at radius 3 is 1.93 bits per heavy atom. The third-order valence-electron chi connectivity index (χ3n) is 1.35. The van der Waals surface area contributed by atoms with Crippen LogP contribution >= 0.6 is 0 Å². The van der Waals surface area contributed by atoms with Crippen LogP contribution in [-0.2, 0) is 10.1 Å². The molecular formula is C8H9N2O3S-. The van der Waals surface area contributed by atoms with E-state index in [-0.39, 0.29) is 4.90 Å². The first-order valence-electron chi connectivity index (χ1n) is 3.77. The number of nitrogens with one attached hydrogen (secondary N) is 2. The molecule has 6 heteroatoms. The minimum atomic E-state index is -4.24. The smallest absolute Gasteiger partial charge is 0.125 e. The van der Waals surface area contributed by atoms with Crippen molar-refractivity contribution in [3.63, 3.8) is 0 Å². The molecule has 0 unspecified atom stereocenters. The Bertz CT molecular complexity index is 414. The molecule has 0 aliphatic rings. The van der Waals surface area contributed by atoms with Gasteiger partial charge in [-0.2, -0.15) is 0 Å². The van der Waals surface area contributed by atoms with Crippen molar-refractivity contribution in [3.8, 4) is 0 Å². The van der Waals surface area contributed by atoms with Crippen molar-refractivity contribution in [2.24, 2.45) is 0 Å². The summed E-state index contributed by atoms with van der Waals surface area (Å²) >= 11 is 0. The van der Waals surface area contributed by atoms with Crippen LogP contribution in [0.5, 0.6) is 0 Å². The van der Waals surface area contributed by atoms with Gasteiger partial charge in [0.05, 0.1) is 4.90 Å². The van der Waals surface area contributed by atoms with Crippen molar-refractivity contribution >= 4 is 10.1 Å². The first-order chi connectivity index (χ1) is 6.61. The van der Waals surface area contributed by atoms with Crippen LogP contribution in [0.3, 0.4) is 0 Å². The summed E-state index contributed by atoms with van der Waals surface area (Å²) in [5.41, 5.74) is 0. The second kappa shape index (κ2) is 4.64. The molecule has 14 heavy (non-hydrogen) atoms. The Morgan fingerprint density at radius 2 is 1.71 bits per heavy atom. The maximum Gasteiger partial charge on any atom is 0.125 e. The zero-order valence-corrected chi connectivity index (χ0v) is 7.99. The van der Waals surface area contributed by atoms with Gasteiger partial charge in [-0.15, -0.1) is 0 Å². The quantitative estimate of drug-likeness (QED) is 0.690. The highest BCUT2D eigenvalue weighted by Gasteiger charge is 1.97. The van der Waals surface area contributed by atoms with Gasteiger partial charge in [0.15, 0.2) is 0 Å². The van der Waals surface area contributed by atoms with Crippen LogP contribution in [0.4, 0.5) is 0 Å². The van der Waals surface area contributed by atoms with E-state index in [1.165, 1.54) is 12.3 Å². The summed E-state index contributed by atoms with van der Waals surface area (Å²) in [5, 5.41) is 0. The van der Waals surface area contributed by atoms with E-state index in [0.717, 1.165) is 6.20 Å². The summed E-state index contributed by atoms with van der Waals surface area (Å²) in [4.78, 5) is 5.10. The predicted octanol–water partition coefficient (Wildman–Crippen LogP) is 0.934. The van der Waals surface area contributed by atoms with Gasteiger partial charge in [-0.05, 0) is 18.2 Å². The first kappa shape index (κ1) is 10.6. The van der Waals surface area contributed by atoms with Gasteiger partial charge in [-0.25, -0.2) is 8.42 Å². The lowest BCUT2D eigenvalue weighted by Gasteiger charge is -2.00. The summed E-state index contributed by atoms with van der Waals surface area (Å²) in [6, 6.07) is 5.10. The molecule has 0 radical (unpaired) electrons. The molecule has 5 nitrogen and oxygen atoms in total. The number of hydrogen-bond acceptors (Lipinski definition) is 3. The van der Waals surface area contributed by atoms with Crippen LogP contribution in [0.15, 0.2) is 47.9 Å². The highest BCUT2D eigenvalue weighted by Crippen LogP contribution is 2.03. The zero-order valence-electron chi connectivity index (χ0n) is 7.17. The molecule has 0 atom stereocenters. The molecule has 0 amide bonds. The lowest BCUT2D eigenvalue weighted by Crippen LogP contribution is -1.95. The normalized spacial score (nSPS) is 10.4. The molecule has 0 saturated carbocycles. The van der Waals surface area contributed by atoms with E-state index in [4.69, 9.17) is 0 Å². The average molecular weight is 213 g/mol. The standard InChI is InChI=1S/C4H5NO3S.C4H5N/c6-9(7,8)4-1-2-5-3-4;1-2-4-5-3-1/h1-3,5H,(H,6,7,8);1-5H/p-1. The topological polar surface area (TPSA) is 88.8 Å².